The second kappa shape index (κ2) is 8.94. The Morgan fingerprint density at radius 3 is 2.62 bits per heavy atom. The lowest BCUT2D eigenvalue weighted by Crippen LogP contribution is -2.36. The molecule has 132 valence electrons. The molecule has 1 fully saturated rings. The van der Waals surface area contributed by atoms with Crippen LogP contribution in [0.25, 0.3) is 0 Å². The van der Waals surface area contributed by atoms with Crippen LogP contribution in [-0.4, -0.2) is 67.5 Å². The summed E-state index contributed by atoms with van der Waals surface area (Å²) in [6.07, 6.45) is 0.342. The van der Waals surface area contributed by atoms with Crippen LogP contribution >= 0.6 is 11.8 Å². The van der Waals surface area contributed by atoms with Gasteiger partial charge in [-0.25, -0.2) is 0 Å². The Kier molecular flexibility index (Phi) is 6.93. The zero-order chi connectivity index (χ0) is 17.5. The van der Waals surface area contributed by atoms with E-state index >= 15 is 0 Å². The minimum absolute atomic E-state index is 0.0277. The molecule has 1 N–H and O–H groups in total. The van der Waals surface area contributed by atoms with E-state index in [9.17, 15) is 9.59 Å². The zero-order valence-corrected chi connectivity index (χ0v) is 15.3. The van der Waals surface area contributed by atoms with Crippen molar-refractivity contribution < 1.29 is 14.3 Å². The third-order valence-corrected chi connectivity index (χ3v) is 4.96. The Morgan fingerprint density at radius 1 is 1.38 bits per heavy atom. The van der Waals surface area contributed by atoms with E-state index in [1.807, 2.05) is 38.4 Å². The third-order valence-electron chi connectivity index (χ3n) is 4.07. The summed E-state index contributed by atoms with van der Waals surface area (Å²) in [6, 6.07) is 7.95. The molecular weight excluding hydrogens is 326 g/mol. The van der Waals surface area contributed by atoms with Gasteiger partial charge < -0.3 is 19.9 Å². The molecule has 1 saturated heterocycles. The van der Waals surface area contributed by atoms with Gasteiger partial charge in [0.25, 0.3) is 5.24 Å². The van der Waals surface area contributed by atoms with E-state index in [-0.39, 0.29) is 17.2 Å². The summed E-state index contributed by atoms with van der Waals surface area (Å²) in [5.41, 5.74) is 1.12. The molecule has 24 heavy (non-hydrogen) atoms. The molecule has 1 heterocycles. The second-order valence-electron chi connectivity index (χ2n) is 5.91. The van der Waals surface area contributed by atoms with Crippen molar-refractivity contribution in [2.75, 3.05) is 46.6 Å². The number of carbonyl (C=O) groups excluding carboxylic acids is 2. The fraction of sp³-hybridized carbons (Fsp3) is 0.529. The summed E-state index contributed by atoms with van der Waals surface area (Å²) in [4.78, 5) is 27.4. The molecule has 2 rings (SSSR count). The van der Waals surface area contributed by atoms with Crippen LogP contribution in [-0.2, 0) is 4.79 Å². The number of nitrogens with one attached hydrogen (secondary N) is 1. The maximum Gasteiger partial charge on any atom is 0.281 e. The largest absolute Gasteiger partial charge is 0.497 e. The average Bonchev–Trinajstić information content (AvgIpc) is 2.98. The van der Waals surface area contributed by atoms with Gasteiger partial charge >= 0.3 is 0 Å². The molecule has 0 bridgehead atoms. The van der Waals surface area contributed by atoms with Crippen molar-refractivity contribution in [2.45, 2.75) is 12.5 Å². The molecule has 0 aromatic heterocycles. The number of hydrogen-bond acceptors (Lipinski definition) is 5. The second-order valence-corrected chi connectivity index (χ2v) is 6.95. The lowest BCUT2D eigenvalue weighted by atomic mass is 10.1. The van der Waals surface area contributed by atoms with Crippen molar-refractivity contribution in [2.24, 2.45) is 0 Å². The van der Waals surface area contributed by atoms with Crippen LogP contribution < -0.4 is 10.1 Å². The van der Waals surface area contributed by atoms with Gasteiger partial charge in [-0.05, 0) is 31.8 Å². The molecule has 1 aliphatic heterocycles. The predicted octanol–water partition coefficient (Wildman–Crippen LogP) is 1.97. The summed E-state index contributed by atoms with van der Waals surface area (Å²) in [5, 5.41) is 3.05. The normalized spacial score (nSPS) is 15.7. The van der Waals surface area contributed by atoms with E-state index < -0.39 is 0 Å². The van der Waals surface area contributed by atoms with Crippen LogP contribution in [0.4, 0.5) is 4.79 Å². The van der Waals surface area contributed by atoms with E-state index in [0.717, 1.165) is 23.6 Å². The standard InChI is InChI=1S/C17H25N3O3S/c1-19(2)15(13-4-6-14(23-3)7-5-13)12-18-16(21)8-9-20-10-11-24-17(20)22/h4-7,15H,8-12H2,1-3H3,(H,18,21). The van der Waals surface area contributed by atoms with Crippen LogP contribution in [0.2, 0.25) is 0 Å². The summed E-state index contributed by atoms with van der Waals surface area (Å²) >= 11 is 1.32. The van der Waals surface area contributed by atoms with Gasteiger partial charge in [0, 0.05) is 31.8 Å². The molecule has 1 aromatic carbocycles. The molecule has 0 saturated carbocycles. The molecule has 2 amide bonds. The lowest BCUT2D eigenvalue weighted by molar-refractivity contribution is -0.121. The van der Waals surface area contributed by atoms with Crippen molar-refractivity contribution >= 4 is 22.9 Å². The van der Waals surface area contributed by atoms with E-state index in [1.165, 1.54) is 11.8 Å². The van der Waals surface area contributed by atoms with Crippen molar-refractivity contribution in [3.63, 3.8) is 0 Å². The minimum atomic E-state index is -0.0277. The molecule has 1 atom stereocenters. The minimum Gasteiger partial charge on any atom is -0.497 e. The Balaban J connectivity index is 1.83. The topological polar surface area (TPSA) is 61.9 Å². The molecule has 1 aliphatic rings. The number of likely N-dealkylation sites (N-methyl/N-ethyl adjacent to an activating group) is 1. The molecule has 1 unspecified atom stereocenters. The number of thioether (sulfide) groups is 1. The first-order valence-corrected chi connectivity index (χ1v) is 8.98. The van der Waals surface area contributed by atoms with Gasteiger partial charge in [0.05, 0.1) is 13.2 Å². The van der Waals surface area contributed by atoms with Crippen molar-refractivity contribution in [3.05, 3.63) is 29.8 Å². The van der Waals surface area contributed by atoms with Crippen LogP contribution in [0.5, 0.6) is 5.75 Å². The average molecular weight is 351 g/mol. The fourth-order valence-electron chi connectivity index (χ4n) is 2.59. The molecule has 7 heteroatoms. The van der Waals surface area contributed by atoms with Crippen LogP contribution in [0.1, 0.15) is 18.0 Å². The van der Waals surface area contributed by atoms with Gasteiger partial charge in [0.2, 0.25) is 5.91 Å². The number of amides is 2. The van der Waals surface area contributed by atoms with Crippen LogP contribution in [0.15, 0.2) is 24.3 Å². The van der Waals surface area contributed by atoms with Crippen LogP contribution in [0, 0.1) is 0 Å². The number of hydrogen-bond donors (Lipinski definition) is 1. The number of nitrogens with zero attached hydrogens (tertiary/aromatic N) is 2. The smallest absolute Gasteiger partial charge is 0.281 e. The SMILES string of the molecule is COc1ccc(C(CNC(=O)CCN2CCSC2=O)N(C)C)cc1. The Bertz CT molecular complexity index is 563. The van der Waals surface area contributed by atoms with Crippen LogP contribution in [0.3, 0.4) is 0 Å². The first kappa shape index (κ1) is 18.6. The van der Waals surface area contributed by atoms with Crippen molar-refractivity contribution in [1.82, 2.24) is 15.1 Å². The molecule has 0 spiro atoms. The molecular formula is C17H25N3O3S. The number of rotatable bonds is 8. The fourth-order valence-corrected chi connectivity index (χ4v) is 3.44. The monoisotopic (exact) mass is 351 g/mol. The Morgan fingerprint density at radius 2 is 2.08 bits per heavy atom. The molecule has 6 nitrogen and oxygen atoms in total. The summed E-state index contributed by atoms with van der Waals surface area (Å²) in [7, 11) is 5.62. The summed E-state index contributed by atoms with van der Waals surface area (Å²) in [5.74, 6) is 1.61. The first-order valence-electron chi connectivity index (χ1n) is 8.00. The van der Waals surface area contributed by atoms with Gasteiger partial charge in [-0.3, -0.25) is 9.59 Å². The highest BCUT2D eigenvalue weighted by molar-refractivity contribution is 8.13. The molecule has 0 aliphatic carbocycles. The van der Waals surface area contributed by atoms with E-state index in [2.05, 4.69) is 10.2 Å². The van der Waals surface area contributed by atoms with Gasteiger partial charge in [-0.2, -0.15) is 0 Å². The highest BCUT2D eigenvalue weighted by Crippen LogP contribution is 2.21. The highest BCUT2D eigenvalue weighted by Gasteiger charge is 2.21. The van der Waals surface area contributed by atoms with Gasteiger partial charge in [-0.15, -0.1) is 0 Å². The van der Waals surface area contributed by atoms with E-state index in [4.69, 9.17) is 4.74 Å². The quantitative estimate of drug-likeness (QED) is 0.776. The summed E-state index contributed by atoms with van der Waals surface area (Å²) in [6.45, 7) is 1.76. The maximum absolute atomic E-state index is 12.1. The van der Waals surface area contributed by atoms with Crippen molar-refractivity contribution in [1.29, 1.82) is 0 Å². The van der Waals surface area contributed by atoms with E-state index in [0.29, 0.717) is 19.5 Å². The number of benzene rings is 1. The lowest BCUT2D eigenvalue weighted by Gasteiger charge is -2.25. The first-order chi connectivity index (χ1) is 11.5. The van der Waals surface area contributed by atoms with Crippen molar-refractivity contribution in [3.8, 4) is 5.75 Å². The number of carbonyl (C=O) groups is 2. The van der Waals surface area contributed by atoms with Gasteiger partial charge in [0.15, 0.2) is 0 Å². The summed E-state index contributed by atoms with van der Waals surface area (Å²) < 4.78 is 5.18. The zero-order valence-electron chi connectivity index (χ0n) is 14.4. The number of ether oxygens (including phenoxy) is 1. The maximum atomic E-state index is 12.1. The number of methoxy groups -OCH3 is 1. The molecule has 0 radical (unpaired) electrons. The highest BCUT2D eigenvalue weighted by atomic mass is 32.2. The van der Waals surface area contributed by atoms with E-state index in [1.54, 1.807) is 12.0 Å². The van der Waals surface area contributed by atoms with Gasteiger partial charge in [-0.1, -0.05) is 23.9 Å². The Hall–Kier alpha value is -1.73. The molecule has 1 aromatic rings. The predicted molar refractivity (Wildman–Crippen MR) is 96.5 cm³/mol. The third kappa shape index (κ3) is 5.14. The van der Waals surface area contributed by atoms with Gasteiger partial charge in [0.1, 0.15) is 5.75 Å². The Labute approximate surface area is 147 Å².